The number of hydrogen-bond acceptors (Lipinski definition) is 5. The van der Waals surface area contributed by atoms with Gasteiger partial charge in [-0.2, -0.15) is 0 Å². The molecule has 3 heterocycles. The molecule has 0 radical (unpaired) electrons. The van der Waals surface area contributed by atoms with E-state index in [2.05, 4.69) is 4.98 Å². The second-order valence-electron chi connectivity index (χ2n) is 7.39. The first-order valence-electron chi connectivity index (χ1n) is 9.63. The van der Waals surface area contributed by atoms with E-state index in [0.29, 0.717) is 56.1 Å². The summed E-state index contributed by atoms with van der Waals surface area (Å²) in [6, 6.07) is 7.49. The molecule has 1 atom stereocenters. The van der Waals surface area contributed by atoms with Crippen molar-refractivity contribution >= 4 is 23.2 Å². The van der Waals surface area contributed by atoms with Gasteiger partial charge in [0.2, 0.25) is 0 Å². The number of anilines is 2. The Bertz CT molecular complexity index is 977. The minimum absolute atomic E-state index is 0.193. The standard InChI is InChI=1S/C21H20FN3O3/c22-19-2-1-7-25(19)21(27)14-11-18-20(23-12-14)24(8-9-28-18)15-4-5-16-13(10-15)3-6-17(16)26/h4-5,10-12,19H,1-3,6-9H2/t19-/m0/s1. The Balaban J connectivity index is 1.46. The Morgan fingerprint density at radius 3 is 2.93 bits per heavy atom. The molecule has 0 spiro atoms. The van der Waals surface area contributed by atoms with Gasteiger partial charge in [0.15, 0.2) is 23.6 Å². The number of amides is 1. The Morgan fingerprint density at radius 2 is 2.11 bits per heavy atom. The van der Waals surface area contributed by atoms with Crippen LogP contribution in [0.1, 0.15) is 45.5 Å². The number of hydrogen-bond donors (Lipinski definition) is 0. The molecule has 0 saturated carbocycles. The highest BCUT2D eigenvalue weighted by Crippen LogP contribution is 2.37. The largest absolute Gasteiger partial charge is 0.488 e. The lowest BCUT2D eigenvalue weighted by molar-refractivity contribution is 0.0591. The van der Waals surface area contributed by atoms with Crippen LogP contribution >= 0.6 is 0 Å². The van der Waals surface area contributed by atoms with Gasteiger partial charge < -0.3 is 14.5 Å². The molecule has 1 fully saturated rings. The number of aromatic nitrogens is 1. The van der Waals surface area contributed by atoms with Crippen LogP contribution < -0.4 is 9.64 Å². The van der Waals surface area contributed by atoms with E-state index in [0.717, 1.165) is 23.2 Å². The van der Waals surface area contributed by atoms with E-state index < -0.39 is 6.30 Å². The molecule has 0 unspecified atom stereocenters. The lowest BCUT2D eigenvalue weighted by Crippen LogP contribution is -2.34. The zero-order valence-corrected chi connectivity index (χ0v) is 15.4. The van der Waals surface area contributed by atoms with Crippen LogP contribution in [0.5, 0.6) is 5.75 Å². The number of rotatable bonds is 2. The maximum Gasteiger partial charge on any atom is 0.257 e. The second-order valence-corrected chi connectivity index (χ2v) is 7.39. The SMILES string of the molecule is O=C1CCc2cc(N3CCOc4cc(C(=O)N5CCC[C@H]5F)cnc43)ccc21. The van der Waals surface area contributed by atoms with Gasteiger partial charge in [-0.3, -0.25) is 9.59 Å². The van der Waals surface area contributed by atoms with Gasteiger partial charge in [0, 0.05) is 30.4 Å². The number of ketones is 1. The average molecular weight is 381 g/mol. The number of alkyl halides is 1. The van der Waals surface area contributed by atoms with Crippen molar-refractivity contribution in [2.45, 2.75) is 32.0 Å². The smallest absolute Gasteiger partial charge is 0.257 e. The van der Waals surface area contributed by atoms with Gasteiger partial charge in [-0.05, 0) is 49.1 Å². The van der Waals surface area contributed by atoms with E-state index in [4.69, 9.17) is 4.74 Å². The molecule has 1 aliphatic carbocycles. The summed E-state index contributed by atoms with van der Waals surface area (Å²) >= 11 is 0. The summed E-state index contributed by atoms with van der Waals surface area (Å²) in [5.74, 6) is 0.990. The number of benzene rings is 1. The van der Waals surface area contributed by atoms with Gasteiger partial charge >= 0.3 is 0 Å². The quantitative estimate of drug-likeness (QED) is 0.747. The molecule has 28 heavy (non-hydrogen) atoms. The summed E-state index contributed by atoms with van der Waals surface area (Å²) in [6.07, 6.45) is 2.65. The molecule has 2 aromatic rings. The number of likely N-dealkylation sites (tertiary alicyclic amines) is 1. The number of aryl methyl sites for hydroxylation is 1. The van der Waals surface area contributed by atoms with Crippen LogP contribution in [-0.2, 0) is 6.42 Å². The molecular weight excluding hydrogens is 361 g/mol. The number of fused-ring (bicyclic) bond motifs is 2. The molecule has 1 aromatic carbocycles. The van der Waals surface area contributed by atoms with Crippen molar-refractivity contribution in [1.82, 2.24) is 9.88 Å². The fraction of sp³-hybridized carbons (Fsp3) is 0.381. The summed E-state index contributed by atoms with van der Waals surface area (Å²) in [5, 5.41) is 0. The van der Waals surface area contributed by atoms with Crippen molar-refractivity contribution in [3.05, 3.63) is 47.2 Å². The molecule has 2 aliphatic heterocycles. The summed E-state index contributed by atoms with van der Waals surface area (Å²) in [7, 11) is 0. The van der Waals surface area contributed by atoms with Crippen LogP contribution in [0.4, 0.5) is 15.9 Å². The minimum atomic E-state index is -1.23. The topological polar surface area (TPSA) is 62.7 Å². The van der Waals surface area contributed by atoms with E-state index in [1.54, 1.807) is 6.07 Å². The summed E-state index contributed by atoms with van der Waals surface area (Å²) in [4.78, 5) is 32.2. The molecule has 1 aromatic heterocycles. The first-order valence-corrected chi connectivity index (χ1v) is 9.63. The molecule has 0 N–H and O–H groups in total. The predicted octanol–water partition coefficient (Wildman–Crippen LogP) is 3.27. The van der Waals surface area contributed by atoms with Crippen molar-refractivity contribution < 1.29 is 18.7 Å². The van der Waals surface area contributed by atoms with E-state index in [1.807, 2.05) is 23.1 Å². The van der Waals surface area contributed by atoms with Crippen molar-refractivity contribution in [3.63, 3.8) is 0 Å². The highest BCUT2D eigenvalue weighted by Gasteiger charge is 2.31. The number of pyridine rings is 1. The van der Waals surface area contributed by atoms with E-state index in [1.165, 1.54) is 11.1 Å². The third kappa shape index (κ3) is 2.73. The van der Waals surface area contributed by atoms with Crippen molar-refractivity contribution in [1.29, 1.82) is 0 Å². The fourth-order valence-electron chi connectivity index (χ4n) is 4.20. The fourth-order valence-corrected chi connectivity index (χ4v) is 4.20. The number of carbonyl (C=O) groups is 2. The summed E-state index contributed by atoms with van der Waals surface area (Å²) in [5.41, 5.74) is 3.15. The molecule has 7 heteroatoms. The first kappa shape index (κ1) is 17.2. The highest BCUT2D eigenvalue weighted by molar-refractivity contribution is 6.01. The number of Topliss-reactive ketones (excluding diaryl/α,β-unsaturated/α-hetero) is 1. The Labute approximate surface area is 161 Å². The number of nitrogens with zero attached hydrogens (tertiary/aromatic N) is 3. The number of ether oxygens (including phenoxy) is 1. The van der Waals surface area contributed by atoms with Gasteiger partial charge in [-0.15, -0.1) is 0 Å². The van der Waals surface area contributed by atoms with Gasteiger partial charge in [-0.1, -0.05) is 0 Å². The van der Waals surface area contributed by atoms with Crippen LogP contribution in [0.25, 0.3) is 0 Å². The van der Waals surface area contributed by atoms with Crippen LogP contribution in [0, 0.1) is 0 Å². The lowest BCUT2D eigenvalue weighted by Gasteiger charge is -2.31. The molecule has 1 amide bonds. The molecule has 1 saturated heterocycles. The highest BCUT2D eigenvalue weighted by atomic mass is 19.1. The maximum absolute atomic E-state index is 13.9. The third-order valence-corrected chi connectivity index (χ3v) is 5.67. The van der Waals surface area contributed by atoms with Gasteiger partial charge in [0.05, 0.1) is 12.1 Å². The first-order chi connectivity index (χ1) is 13.6. The monoisotopic (exact) mass is 381 g/mol. The molecular formula is C21H20FN3O3. The molecule has 3 aliphatic rings. The zero-order chi connectivity index (χ0) is 19.3. The normalized spacial score (nSPS) is 20.8. The van der Waals surface area contributed by atoms with Crippen molar-refractivity contribution in [2.75, 3.05) is 24.6 Å². The van der Waals surface area contributed by atoms with Crippen molar-refractivity contribution in [3.8, 4) is 5.75 Å². The van der Waals surface area contributed by atoms with Gasteiger partial charge in [0.25, 0.3) is 5.91 Å². The van der Waals surface area contributed by atoms with Crippen LogP contribution in [0.3, 0.4) is 0 Å². The Kier molecular flexibility index (Phi) is 4.03. The van der Waals surface area contributed by atoms with Crippen LogP contribution in [0.2, 0.25) is 0 Å². The van der Waals surface area contributed by atoms with E-state index in [9.17, 15) is 14.0 Å². The minimum Gasteiger partial charge on any atom is -0.488 e. The van der Waals surface area contributed by atoms with E-state index in [-0.39, 0.29) is 11.7 Å². The van der Waals surface area contributed by atoms with E-state index >= 15 is 0 Å². The number of halogens is 1. The van der Waals surface area contributed by atoms with Crippen LogP contribution in [-0.4, -0.2) is 47.6 Å². The maximum atomic E-state index is 13.9. The molecule has 0 bridgehead atoms. The van der Waals surface area contributed by atoms with Crippen LogP contribution in [0.15, 0.2) is 30.5 Å². The van der Waals surface area contributed by atoms with Gasteiger partial charge in [-0.25, -0.2) is 9.37 Å². The molecule has 5 rings (SSSR count). The Morgan fingerprint density at radius 1 is 1.21 bits per heavy atom. The molecule has 6 nitrogen and oxygen atoms in total. The third-order valence-electron chi connectivity index (χ3n) is 5.67. The summed E-state index contributed by atoms with van der Waals surface area (Å²) < 4.78 is 19.6. The van der Waals surface area contributed by atoms with Gasteiger partial charge in [0.1, 0.15) is 6.61 Å². The lowest BCUT2D eigenvalue weighted by atomic mass is 10.1. The zero-order valence-electron chi connectivity index (χ0n) is 15.4. The number of carbonyl (C=O) groups excluding carboxylic acids is 2. The predicted molar refractivity (Wildman–Crippen MR) is 101 cm³/mol. The second kappa shape index (κ2) is 6.58. The Hall–Kier alpha value is -2.96. The molecule has 144 valence electrons. The average Bonchev–Trinajstić information content (AvgIpc) is 3.32. The summed E-state index contributed by atoms with van der Waals surface area (Å²) in [6.45, 7) is 1.51. The van der Waals surface area contributed by atoms with Crippen molar-refractivity contribution in [2.24, 2.45) is 0 Å².